The van der Waals surface area contributed by atoms with Crippen LogP contribution in [0.25, 0.3) is 11.1 Å². The first-order valence-corrected chi connectivity index (χ1v) is 10.8. The van der Waals surface area contributed by atoms with Gasteiger partial charge in [0.2, 0.25) is 0 Å². The number of fused-ring (bicyclic) bond motifs is 3. The molecule has 0 radical (unpaired) electrons. The van der Waals surface area contributed by atoms with Crippen molar-refractivity contribution in [2.24, 2.45) is 0 Å². The van der Waals surface area contributed by atoms with Crippen LogP contribution in [0.2, 0.25) is 0 Å². The van der Waals surface area contributed by atoms with E-state index >= 15 is 0 Å². The number of nitrogens with zero attached hydrogens (tertiary/aromatic N) is 2. The van der Waals surface area contributed by atoms with Gasteiger partial charge in [-0.3, -0.25) is 14.5 Å². The van der Waals surface area contributed by atoms with Gasteiger partial charge in [0.1, 0.15) is 0 Å². The van der Waals surface area contributed by atoms with Gasteiger partial charge in [-0.1, -0.05) is 42.5 Å². The van der Waals surface area contributed by atoms with E-state index in [1.54, 1.807) is 30.3 Å². The van der Waals surface area contributed by atoms with Gasteiger partial charge < -0.3 is 4.90 Å². The first-order valence-electron chi connectivity index (χ1n) is 10.8. The lowest BCUT2D eigenvalue weighted by atomic mass is 9.98. The van der Waals surface area contributed by atoms with E-state index in [9.17, 15) is 18.4 Å². The monoisotopic (exact) mass is 432 g/mol. The van der Waals surface area contributed by atoms with E-state index in [2.05, 4.69) is 4.90 Å². The smallest absolute Gasteiger partial charge is 0.254 e. The average Bonchev–Trinajstić information content (AvgIpc) is 2.94. The fraction of sp³-hybridized carbons (Fsp3) is 0.231. The molecule has 6 heteroatoms. The highest BCUT2D eigenvalue weighted by atomic mass is 19.2. The Balaban J connectivity index is 1.35. The van der Waals surface area contributed by atoms with E-state index in [1.807, 2.05) is 23.1 Å². The highest BCUT2D eigenvalue weighted by Gasteiger charge is 2.32. The number of hydrogen-bond acceptors (Lipinski definition) is 3. The standard InChI is InChI=1S/C26H22F2N2O2/c27-22-10-9-17(15-23(22)28)16-29-11-4-12-30(14-13-29)26(32)21-8-3-7-20-24(21)18-5-1-2-6-19(18)25(20)31/h1-3,5-10,15H,4,11-14,16H2. The van der Waals surface area contributed by atoms with Gasteiger partial charge in [-0.2, -0.15) is 0 Å². The fourth-order valence-corrected chi connectivity index (χ4v) is 4.65. The number of rotatable bonds is 3. The van der Waals surface area contributed by atoms with Gasteiger partial charge in [0.25, 0.3) is 5.91 Å². The molecule has 1 aliphatic carbocycles. The third-order valence-corrected chi connectivity index (χ3v) is 6.25. The Morgan fingerprint density at radius 2 is 1.59 bits per heavy atom. The second-order valence-corrected chi connectivity index (χ2v) is 8.27. The van der Waals surface area contributed by atoms with Gasteiger partial charge in [-0.25, -0.2) is 8.78 Å². The van der Waals surface area contributed by atoms with Gasteiger partial charge >= 0.3 is 0 Å². The molecule has 1 heterocycles. The largest absolute Gasteiger partial charge is 0.337 e. The van der Waals surface area contributed by atoms with E-state index in [0.717, 1.165) is 30.2 Å². The van der Waals surface area contributed by atoms with Crippen LogP contribution in [0, 0.1) is 11.6 Å². The normalized spacial score (nSPS) is 15.9. The lowest BCUT2D eigenvalue weighted by Crippen LogP contribution is -2.35. The van der Waals surface area contributed by atoms with Crippen LogP contribution in [-0.2, 0) is 6.54 Å². The summed E-state index contributed by atoms with van der Waals surface area (Å²) in [6, 6.07) is 16.7. The fourth-order valence-electron chi connectivity index (χ4n) is 4.65. The first-order chi connectivity index (χ1) is 15.5. The maximum Gasteiger partial charge on any atom is 0.254 e. The number of amides is 1. The molecule has 0 bridgehead atoms. The predicted octanol–water partition coefficient (Wildman–Crippen LogP) is 4.52. The van der Waals surface area contributed by atoms with Crippen LogP contribution < -0.4 is 0 Å². The molecule has 32 heavy (non-hydrogen) atoms. The Morgan fingerprint density at radius 3 is 2.41 bits per heavy atom. The lowest BCUT2D eigenvalue weighted by Gasteiger charge is -2.23. The molecule has 4 nitrogen and oxygen atoms in total. The summed E-state index contributed by atoms with van der Waals surface area (Å²) >= 11 is 0. The number of halogens is 2. The summed E-state index contributed by atoms with van der Waals surface area (Å²) in [5.74, 6) is -1.82. The van der Waals surface area contributed by atoms with Gasteiger partial charge in [0.05, 0.1) is 0 Å². The van der Waals surface area contributed by atoms with Crippen molar-refractivity contribution in [2.45, 2.75) is 13.0 Å². The zero-order chi connectivity index (χ0) is 22.2. The van der Waals surface area contributed by atoms with Crippen molar-refractivity contribution in [1.82, 2.24) is 9.80 Å². The van der Waals surface area contributed by atoms with E-state index in [1.165, 1.54) is 6.07 Å². The Kier molecular flexibility index (Phi) is 5.31. The summed E-state index contributed by atoms with van der Waals surface area (Å²) in [7, 11) is 0. The molecule has 0 N–H and O–H groups in total. The molecule has 3 aromatic carbocycles. The molecule has 0 spiro atoms. The second kappa shape index (κ2) is 8.28. The molecule has 1 amide bonds. The highest BCUT2D eigenvalue weighted by molar-refractivity contribution is 6.24. The van der Waals surface area contributed by atoms with Gasteiger partial charge in [-0.15, -0.1) is 0 Å². The van der Waals surface area contributed by atoms with Gasteiger partial charge in [0.15, 0.2) is 17.4 Å². The molecule has 0 saturated carbocycles. The zero-order valence-corrected chi connectivity index (χ0v) is 17.5. The van der Waals surface area contributed by atoms with E-state index in [-0.39, 0.29) is 11.7 Å². The summed E-state index contributed by atoms with van der Waals surface area (Å²) in [5, 5.41) is 0. The topological polar surface area (TPSA) is 40.6 Å². The Morgan fingerprint density at radius 1 is 0.812 bits per heavy atom. The third-order valence-electron chi connectivity index (χ3n) is 6.25. The minimum absolute atomic E-state index is 0.0428. The number of carbonyl (C=O) groups is 2. The summed E-state index contributed by atoms with van der Waals surface area (Å²) in [6.45, 7) is 3.03. The summed E-state index contributed by atoms with van der Waals surface area (Å²) < 4.78 is 26.7. The maximum absolute atomic E-state index is 13.5. The van der Waals surface area contributed by atoms with E-state index < -0.39 is 11.6 Å². The molecule has 162 valence electrons. The third kappa shape index (κ3) is 3.60. The van der Waals surface area contributed by atoms with Crippen molar-refractivity contribution < 1.29 is 18.4 Å². The van der Waals surface area contributed by atoms with Gasteiger partial charge in [0, 0.05) is 55.0 Å². The lowest BCUT2D eigenvalue weighted by molar-refractivity contribution is 0.0762. The van der Waals surface area contributed by atoms with E-state index in [0.29, 0.717) is 48.4 Å². The van der Waals surface area contributed by atoms with Crippen molar-refractivity contribution >= 4 is 11.7 Å². The van der Waals surface area contributed by atoms with E-state index in [4.69, 9.17) is 0 Å². The van der Waals surface area contributed by atoms with Crippen molar-refractivity contribution in [3.63, 3.8) is 0 Å². The number of ketones is 1. The molecule has 0 aromatic heterocycles. The van der Waals surface area contributed by atoms with Crippen molar-refractivity contribution in [2.75, 3.05) is 26.2 Å². The van der Waals surface area contributed by atoms with Crippen LogP contribution >= 0.6 is 0 Å². The highest BCUT2D eigenvalue weighted by Crippen LogP contribution is 2.39. The second-order valence-electron chi connectivity index (χ2n) is 8.27. The molecule has 1 saturated heterocycles. The molecule has 1 aliphatic heterocycles. The maximum atomic E-state index is 13.5. The number of carbonyl (C=O) groups excluding carboxylic acids is 2. The Bertz CT molecular complexity index is 1220. The van der Waals surface area contributed by atoms with Crippen LogP contribution in [0.3, 0.4) is 0 Å². The SMILES string of the molecule is O=C1c2ccccc2-c2c1cccc2C(=O)N1CCCN(Cc2ccc(F)c(F)c2)CC1. The predicted molar refractivity (Wildman–Crippen MR) is 117 cm³/mol. The van der Waals surface area contributed by atoms with Crippen LogP contribution in [0.5, 0.6) is 0 Å². The zero-order valence-electron chi connectivity index (χ0n) is 17.5. The minimum Gasteiger partial charge on any atom is -0.337 e. The van der Waals surface area contributed by atoms with Crippen LogP contribution in [-0.4, -0.2) is 47.7 Å². The molecular weight excluding hydrogens is 410 g/mol. The molecule has 3 aromatic rings. The van der Waals surface area contributed by atoms with Gasteiger partial charge in [-0.05, 0) is 35.7 Å². The number of hydrogen-bond donors (Lipinski definition) is 0. The Labute approximate surface area is 185 Å². The molecular formula is C26H22F2N2O2. The summed E-state index contributed by atoms with van der Waals surface area (Å²) in [4.78, 5) is 30.2. The molecule has 2 aliphatic rings. The summed E-state index contributed by atoms with van der Waals surface area (Å²) in [6.07, 6.45) is 0.778. The first kappa shape index (κ1) is 20.5. The van der Waals surface area contributed by atoms with Crippen LogP contribution in [0.4, 0.5) is 8.78 Å². The molecule has 0 atom stereocenters. The van der Waals surface area contributed by atoms with Crippen LogP contribution in [0.1, 0.15) is 38.3 Å². The quantitative estimate of drug-likeness (QED) is 0.478. The van der Waals surface area contributed by atoms with Crippen molar-refractivity contribution in [3.05, 3.63) is 94.6 Å². The van der Waals surface area contributed by atoms with Crippen molar-refractivity contribution in [1.29, 1.82) is 0 Å². The molecule has 0 unspecified atom stereocenters. The number of benzene rings is 3. The van der Waals surface area contributed by atoms with Crippen molar-refractivity contribution in [3.8, 4) is 11.1 Å². The minimum atomic E-state index is -0.850. The summed E-state index contributed by atoms with van der Waals surface area (Å²) in [5.41, 5.74) is 4.00. The molecule has 5 rings (SSSR count). The Hall–Kier alpha value is -3.38. The average molecular weight is 432 g/mol. The van der Waals surface area contributed by atoms with Crippen LogP contribution in [0.15, 0.2) is 60.7 Å². The molecule has 1 fully saturated rings.